The molecule has 1 amide bonds. The molecule has 2 aromatic rings. The van der Waals surface area contributed by atoms with Gasteiger partial charge in [-0.1, -0.05) is 36.8 Å². The molecule has 1 aliphatic rings. The molecule has 0 spiro atoms. The lowest BCUT2D eigenvalue weighted by atomic mass is 10.1. The summed E-state index contributed by atoms with van der Waals surface area (Å²) < 4.78 is 25.8. The van der Waals surface area contributed by atoms with Crippen molar-refractivity contribution in [2.24, 2.45) is 0 Å². The van der Waals surface area contributed by atoms with Crippen molar-refractivity contribution in [2.45, 2.75) is 39.2 Å². The summed E-state index contributed by atoms with van der Waals surface area (Å²) in [5.41, 5.74) is 2.59. The highest BCUT2D eigenvalue weighted by atomic mass is 32.2. The highest BCUT2D eigenvalue weighted by molar-refractivity contribution is 7.89. The molecular formula is C19H25N3O3S2. The van der Waals surface area contributed by atoms with E-state index >= 15 is 0 Å². The van der Waals surface area contributed by atoms with Crippen LogP contribution in [0.3, 0.4) is 0 Å². The first kappa shape index (κ1) is 20.0. The van der Waals surface area contributed by atoms with E-state index in [0.29, 0.717) is 38.0 Å². The number of carbonyl (C=O) groups excluding carboxylic acids is 1. The lowest BCUT2D eigenvalue weighted by molar-refractivity contribution is 0.0919. The summed E-state index contributed by atoms with van der Waals surface area (Å²) in [5.74, 6) is -0.00977. The molecule has 0 atom stereocenters. The Balaban J connectivity index is 1.57. The molecular weight excluding hydrogens is 382 g/mol. The highest BCUT2D eigenvalue weighted by Crippen LogP contribution is 2.24. The van der Waals surface area contributed by atoms with Crippen molar-refractivity contribution in [3.63, 3.8) is 0 Å². The molecule has 1 aromatic heterocycles. The minimum Gasteiger partial charge on any atom is -0.348 e. The van der Waals surface area contributed by atoms with Gasteiger partial charge in [-0.3, -0.25) is 4.79 Å². The molecule has 3 rings (SSSR count). The van der Waals surface area contributed by atoms with Gasteiger partial charge in [0.05, 0.1) is 5.75 Å². The van der Waals surface area contributed by atoms with Crippen LogP contribution in [0.15, 0.2) is 29.6 Å². The molecule has 0 aliphatic carbocycles. The van der Waals surface area contributed by atoms with Crippen LogP contribution in [0.4, 0.5) is 0 Å². The fourth-order valence-corrected chi connectivity index (χ4v) is 5.48. The molecule has 1 aromatic carbocycles. The molecule has 1 saturated heterocycles. The molecule has 1 N–H and O–H groups in total. The Bertz CT molecular complexity index is 883. The van der Waals surface area contributed by atoms with Crippen LogP contribution >= 0.6 is 11.3 Å². The average Bonchev–Trinajstić information content (AvgIpc) is 3.13. The molecule has 1 fully saturated rings. The third-order valence-corrected chi connectivity index (χ3v) is 7.65. The molecule has 0 radical (unpaired) electrons. The molecule has 0 unspecified atom stereocenters. The SMILES string of the molecule is CCCS(=O)(=O)N1CCC(NC(=O)c2csc(-c3ccc(C)cc3)n2)CC1. The second-order valence-corrected chi connectivity index (χ2v) is 9.81. The fourth-order valence-electron chi connectivity index (χ4n) is 3.13. The summed E-state index contributed by atoms with van der Waals surface area (Å²) in [6.45, 7) is 4.81. The smallest absolute Gasteiger partial charge is 0.270 e. The maximum absolute atomic E-state index is 12.5. The van der Waals surface area contributed by atoms with Crippen molar-refractivity contribution in [3.05, 3.63) is 40.9 Å². The number of amides is 1. The van der Waals surface area contributed by atoms with Crippen LogP contribution in [0.25, 0.3) is 10.6 Å². The van der Waals surface area contributed by atoms with E-state index in [2.05, 4.69) is 10.3 Å². The van der Waals surface area contributed by atoms with Crippen LogP contribution in [-0.4, -0.2) is 48.5 Å². The number of nitrogens with one attached hydrogen (secondary N) is 1. The number of aryl methyl sites for hydroxylation is 1. The Morgan fingerprint density at radius 1 is 1.26 bits per heavy atom. The molecule has 1 aliphatic heterocycles. The molecule has 6 nitrogen and oxygen atoms in total. The first-order valence-corrected chi connectivity index (χ1v) is 11.7. The maximum atomic E-state index is 12.5. The Kier molecular flexibility index (Phi) is 6.29. The third-order valence-electron chi connectivity index (χ3n) is 4.68. The van der Waals surface area contributed by atoms with E-state index < -0.39 is 10.0 Å². The molecule has 2 heterocycles. The average molecular weight is 408 g/mol. The summed E-state index contributed by atoms with van der Waals surface area (Å²) in [7, 11) is -3.16. The lowest BCUT2D eigenvalue weighted by Crippen LogP contribution is -2.47. The Labute approximate surface area is 164 Å². The standard InChI is InChI=1S/C19H25N3O3S2/c1-3-12-27(24,25)22-10-8-16(9-11-22)20-18(23)17-13-26-19(21-17)15-6-4-14(2)5-7-15/h4-7,13,16H,3,8-12H2,1-2H3,(H,20,23). The Morgan fingerprint density at radius 3 is 2.56 bits per heavy atom. The zero-order chi connectivity index (χ0) is 19.4. The predicted octanol–water partition coefficient (Wildman–Crippen LogP) is 3.05. The first-order valence-electron chi connectivity index (χ1n) is 9.20. The van der Waals surface area contributed by atoms with E-state index in [1.807, 2.05) is 38.1 Å². The van der Waals surface area contributed by atoms with Crippen molar-refractivity contribution in [3.8, 4) is 10.6 Å². The minimum atomic E-state index is -3.16. The van der Waals surface area contributed by atoms with Crippen LogP contribution in [0.5, 0.6) is 0 Å². The van der Waals surface area contributed by atoms with Crippen molar-refractivity contribution < 1.29 is 13.2 Å². The number of aromatic nitrogens is 1. The minimum absolute atomic E-state index is 0.0184. The summed E-state index contributed by atoms with van der Waals surface area (Å²) >= 11 is 1.45. The van der Waals surface area contributed by atoms with E-state index in [9.17, 15) is 13.2 Å². The van der Waals surface area contributed by atoms with Gasteiger partial charge < -0.3 is 5.32 Å². The van der Waals surface area contributed by atoms with Crippen LogP contribution in [0.1, 0.15) is 42.2 Å². The van der Waals surface area contributed by atoms with Gasteiger partial charge >= 0.3 is 0 Å². The van der Waals surface area contributed by atoms with Crippen LogP contribution in [0, 0.1) is 6.92 Å². The third kappa shape index (κ3) is 4.94. The van der Waals surface area contributed by atoms with Gasteiger partial charge in [-0.15, -0.1) is 11.3 Å². The van der Waals surface area contributed by atoms with Gasteiger partial charge in [-0.05, 0) is 26.2 Å². The van der Waals surface area contributed by atoms with Crippen molar-refractivity contribution in [2.75, 3.05) is 18.8 Å². The summed E-state index contributed by atoms with van der Waals surface area (Å²) in [4.78, 5) is 16.9. The Morgan fingerprint density at radius 2 is 1.93 bits per heavy atom. The predicted molar refractivity (Wildman–Crippen MR) is 108 cm³/mol. The van der Waals surface area contributed by atoms with Gasteiger partial charge in [0.1, 0.15) is 10.7 Å². The normalized spacial score (nSPS) is 16.4. The number of nitrogens with zero attached hydrogens (tertiary/aromatic N) is 2. The molecule has 27 heavy (non-hydrogen) atoms. The number of sulfonamides is 1. The second kappa shape index (κ2) is 8.50. The molecule has 0 bridgehead atoms. The van der Waals surface area contributed by atoms with Gasteiger partial charge in [0.25, 0.3) is 5.91 Å². The van der Waals surface area contributed by atoms with Gasteiger partial charge in [0.15, 0.2) is 0 Å². The number of rotatable bonds is 6. The fraction of sp³-hybridized carbons (Fsp3) is 0.474. The van der Waals surface area contributed by atoms with Gasteiger partial charge in [0.2, 0.25) is 10.0 Å². The number of piperidine rings is 1. The van der Waals surface area contributed by atoms with E-state index in [1.54, 1.807) is 5.38 Å². The zero-order valence-corrected chi connectivity index (χ0v) is 17.3. The van der Waals surface area contributed by atoms with Gasteiger partial charge in [0, 0.05) is 30.1 Å². The first-order chi connectivity index (χ1) is 12.9. The van der Waals surface area contributed by atoms with E-state index in [-0.39, 0.29) is 17.7 Å². The van der Waals surface area contributed by atoms with Crippen molar-refractivity contribution in [1.82, 2.24) is 14.6 Å². The van der Waals surface area contributed by atoms with E-state index in [4.69, 9.17) is 0 Å². The number of carbonyl (C=O) groups is 1. The topological polar surface area (TPSA) is 79.4 Å². The van der Waals surface area contributed by atoms with E-state index in [0.717, 1.165) is 10.6 Å². The monoisotopic (exact) mass is 407 g/mol. The van der Waals surface area contributed by atoms with Crippen molar-refractivity contribution >= 4 is 27.3 Å². The molecule has 146 valence electrons. The van der Waals surface area contributed by atoms with Crippen LogP contribution < -0.4 is 5.32 Å². The van der Waals surface area contributed by atoms with Crippen LogP contribution in [-0.2, 0) is 10.0 Å². The number of hydrogen-bond acceptors (Lipinski definition) is 5. The highest BCUT2D eigenvalue weighted by Gasteiger charge is 2.28. The quantitative estimate of drug-likeness (QED) is 0.798. The zero-order valence-electron chi connectivity index (χ0n) is 15.6. The lowest BCUT2D eigenvalue weighted by Gasteiger charge is -2.31. The van der Waals surface area contributed by atoms with Crippen LogP contribution in [0.2, 0.25) is 0 Å². The summed E-state index contributed by atoms with van der Waals surface area (Å²) in [6.07, 6.45) is 1.87. The Hall–Kier alpha value is -1.77. The largest absolute Gasteiger partial charge is 0.348 e. The maximum Gasteiger partial charge on any atom is 0.270 e. The number of benzene rings is 1. The van der Waals surface area contributed by atoms with Gasteiger partial charge in [-0.2, -0.15) is 0 Å². The molecule has 8 heteroatoms. The number of thiazole rings is 1. The number of hydrogen-bond donors (Lipinski definition) is 1. The van der Waals surface area contributed by atoms with Crippen molar-refractivity contribution in [1.29, 1.82) is 0 Å². The summed E-state index contributed by atoms with van der Waals surface area (Å²) in [5, 5.41) is 5.59. The second-order valence-electron chi connectivity index (χ2n) is 6.87. The van der Waals surface area contributed by atoms with Gasteiger partial charge in [-0.25, -0.2) is 17.7 Å². The summed E-state index contributed by atoms with van der Waals surface area (Å²) in [6, 6.07) is 8.04. The molecule has 0 saturated carbocycles. The van der Waals surface area contributed by atoms with E-state index in [1.165, 1.54) is 21.2 Å².